The molecule has 4 heterocycles. The molecular formula is C130H80O4. The lowest BCUT2D eigenvalue weighted by molar-refractivity contribution is 0.668. The van der Waals surface area contributed by atoms with E-state index in [1.165, 1.54) is 159 Å². The highest BCUT2D eigenvalue weighted by Gasteiger charge is 2.27. The lowest BCUT2D eigenvalue weighted by atomic mass is 9.84. The first-order valence-electron chi connectivity index (χ1n) is 45.9. The van der Waals surface area contributed by atoms with Crippen molar-refractivity contribution in [2.24, 2.45) is 0 Å². The molecule has 0 aliphatic carbocycles. The van der Waals surface area contributed by atoms with Crippen LogP contribution < -0.4 is 0 Å². The number of fused-ring (bicyclic) bond motifs is 19. The molecule has 0 aliphatic heterocycles. The van der Waals surface area contributed by atoms with Gasteiger partial charge in [0, 0.05) is 54.2 Å². The van der Waals surface area contributed by atoms with E-state index in [1.54, 1.807) is 0 Å². The third kappa shape index (κ3) is 13.0. The van der Waals surface area contributed by atoms with Gasteiger partial charge in [0.05, 0.1) is 0 Å². The molecule has 0 aliphatic rings. The molecule has 0 amide bonds. The minimum atomic E-state index is 0.869. The van der Waals surface area contributed by atoms with Crippen molar-refractivity contribution >= 4 is 163 Å². The molecule has 0 bridgehead atoms. The quantitative estimate of drug-likeness (QED) is 0.128. The van der Waals surface area contributed by atoms with Crippen LogP contribution in [0.2, 0.25) is 0 Å². The van der Waals surface area contributed by atoms with Gasteiger partial charge in [-0.25, -0.2) is 0 Å². The molecule has 0 spiro atoms. The summed E-state index contributed by atoms with van der Waals surface area (Å²) in [5.74, 6) is 0. The molecule has 0 atom stereocenters. The third-order valence-electron chi connectivity index (χ3n) is 27.4. The molecule has 0 fully saturated rings. The zero-order valence-corrected chi connectivity index (χ0v) is 72.8. The normalized spacial score (nSPS) is 11.7. The van der Waals surface area contributed by atoms with E-state index in [9.17, 15) is 0 Å². The predicted molar refractivity (Wildman–Crippen MR) is 565 cm³/mol. The Hall–Kier alpha value is -17.7. The first-order chi connectivity index (χ1) is 66.5. The average Bonchev–Trinajstić information content (AvgIpc) is 1.21. The summed E-state index contributed by atoms with van der Waals surface area (Å²) in [6, 6.07) is 174. The van der Waals surface area contributed by atoms with Crippen molar-refractivity contribution in [3.8, 4) is 111 Å². The maximum absolute atomic E-state index is 6.73. The van der Waals surface area contributed by atoms with Gasteiger partial charge in [0.2, 0.25) is 0 Å². The van der Waals surface area contributed by atoms with Crippen molar-refractivity contribution < 1.29 is 17.7 Å². The van der Waals surface area contributed by atoms with Crippen LogP contribution in [0.4, 0.5) is 0 Å². The molecule has 0 radical (unpaired) electrons. The van der Waals surface area contributed by atoms with Gasteiger partial charge in [-0.2, -0.15) is 0 Å². The van der Waals surface area contributed by atoms with Crippen LogP contribution in [0, 0.1) is 0 Å². The van der Waals surface area contributed by atoms with Gasteiger partial charge in [0.15, 0.2) is 0 Å². The summed E-state index contributed by atoms with van der Waals surface area (Å²) in [6.45, 7) is 0. The Morgan fingerprint density at radius 2 is 0.396 bits per heavy atom. The van der Waals surface area contributed by atoms with Gasteiger partial charge >= 0.3 is 0 Å². The second-order valence-corrected chi connectivity index (χ2v) is 34.9. The molecule has 4 heteroatoms. The third-order valence-corrected chi connectivity index (χ3v) is 27.4. The molecule has 624 valence electrons. The maximum Gasteiger partial charge on any atom is 0.143 e. The Balaban J connectivity index is 0.000000106. The van der Waals surface area contributed by atoms with Crippen molar-refractivity contribution in [2.45, 2.75) is 0 Å². The van der Waals surface area contributed by atoms with Gasteiger partial charge in [-0.05, 0) is 248 Å². The number of hydrogen-bond acceptors (Lipinski definition) is 4. The highest BCUT2D eigenvalue weighted by Crippen LogP contribution is 2.53. The van der Waals surface area contributed by atoms with Gasteiger partial charge in [0.25, 0.3) is 0 Å². The topological polar surface area (TPSA) is 52.6 Å². The van der Waals surface area contributed by atoms with E-state index in [0.29, 0.717) is 0 Å². The average molecular weight is 1710 g/mol. The lowest BCUT2D eigenvalue weighted by Gasteiger charge is -2.19. The molecule has 134 heavy (non-hydrogen) atoms. The zero-order valence-electron chi connectivity index (χ0n) is 72.8. The second kappa shape index (κ2) is 32.2. The van der Waals surface area contributed by atoms with E-state index in [-0.39, 0.29) is 0 Å². The van der Waals surface area contributed by atoms with Gasteiger partial charge < -0.3 is 17.7 Å². The molecule has 0 unspecified atom stereocenters. The highest BCUT2D eigenvalue weighted by atomic mass is 16.3. The Morgan fingerprint density at radius 3 is 0.903 bits per heavy atom. The van der Waals surface area contributed by atoms with Crippen molar-refractivity contribution in [1.29, 1.82) is 0 Å². The van der Waals surface area contributed by atoms with Gasteiger partial charge in [-0.3, -0.25) is 0 Å². The summed E-state index contributed by atoms with van der Waals surface area (Å²) in [5, 5.41) is 26.4. The Kier molecular flexibility index (Phi) is 18.6. The molecule has 4 aromatic heterocycles. The fraction of sp³-hybridized carbons (Fsp3) is 0. The number of benzene rings is 24. The molecule has 0 N–H and O–H groups in total. The van der Waals surface area contributed by atoms with Crippen LogP contribution >= 0.6 is 0 Å². The summed E-state index contributed by atoms with van der Waals surface area (Å²) >= 11 is 0. The maximum atomic E-state index is 6.73. The number of para-hydroxylation sites is 4. The largest absolute Gasteiger partial charge is 0.456 e. The van der Waals surface area contributed by atoms with Gasteiger partial charge in [-0.15, -0.1) is 0 Å². The molecule has 4 nitrogen and oxygen atoms in total. The van der Waals surface area contributed by atoms with Crippen LogP contribution in [0.5, 0.6) is 0 Å². The van der Waals surface area contributed by atoms with E-state index >= 15 is 0 Å². The van der Waals surface area contributed by atoms with Crippen LogP contribution in [0.25, 0.3) is 274 Å². The van der Waals surface area contributed by atoms with E-state index in [0.717, 1.165) is 116 Å². The molecule has 28 aromatic rings. The molecular weight excluding hydrogens is 1630 g/mol. The summed E-state index contributed by atoms with van der Waals surface area (Å²) < 4.78 is 25.8. The van der Waals surface area contributed by atoms with E-state index in [2.05, 4.69) is 449 Å². The van der Waals surface area contributed by atoms with Crippen molar-refractivity contribution in [2.75, 3.05) is 0 Å². The minimum absolute atomic E-state index is 0.869. The van der Waals surface area contributed by atoms with Gasteiger partial charge in [0.1, 0.15) is 44.7 Å². The number of rotatable bonds is 10. The van der Waals surface area contributed by atoms with E-state index < -0.39 is 0 Å². The summed E-state index contributed by atoms with van der Waals surface area (Å²) in [7, 11) is 0. The minimum Gasteiger partial charge on any atom is -0.456 e. The Bertz CT molecular complexity index is 9390. The molecule has 0 saturated carbocycles. The van der Waals surface area contributed by atoms with Crippen LogP contribution in [0.15, 0.2) is 503 Å². The molecule has 24 aromatic carbocycles. The fourth-order valence-electron chi connectivity index (χ4n) is 21.5. The van der Waals surface area contributed by atoms with E-state index in [4.69, 9.17) is 17.7 Å². The molecule has 28 rings (SSSR count). The van der Waals surface area contributed by atoms with E-state index in [1.807, 2.05) is 36.4 Å². The van der Waals surface area contributed by atoms with Crippen LogP contribution in [-0.4, -0.2) is 0 Å². The smallest absolute Gasteiger partial charge is 0.143 e. The van der Waals surface area contributed by atoms with Crippen LogP contribution in [0.1, 0.15) is 0 Å². The number of furan rings is 4. The second-order valence-electron chi connectivity index (χ2n) is 34.9. The fourth-order valence-corrected chi connectivity index (χ4v) is 21.5. The lowest BCUT2D eigenvalue weighted by Crippen LogP contribution is -1.92. The monoisotopic (exact) mass is 1700 g/mol. The van der Waals surface area contributed by atoms with Crippen molar-refractivity contribution in [3.63, 3.8) is 0 Å². The zero-order chi connectivity index (χ0) is 88.3. The summed E-state index contributed by atoms with van der Waals surface area (Å²) in [5.41, 5.74) is 31.3. The Morgan fingerprint density at radius 1 is 0.112 bits per heavy atom. The van der Waals surface area contributed by atoms with Crippen LogP contribution in [0.3, 0.4) is 0 Å². The van der Waals surface area contributed by atoms with Crippen LogP contribution in [-0.2, 0) is 0 Å². The van der Waals surface area contributed by atoms with Gasteiger partial charge in [-0.1, -0.05) is 413 Å². The first-order valence-corrected chi connectivity index (χ1v) is 45.9. The van der Waals surface area contributed by atoms with Crippen molar-refractivity contribution in [3.05, 3.63) is 485 Å². The number of hydrogen-bond donors (Lipinski definition) is 0. The summed E-state index contributed by atoms with van der Waals surface area (Å²) in [6.07, 6.45) is 0. The van der Waals surface area contributed by atoms with Crippen molar-refractivity contribution in [1.82, 2.24) is 0 Å². The SMILES string of the molecule is c1ccc(-c2ccc(-c3c4ccccc4c(-c4ccc5oc6ccccc6c5c4)c4ccccc34)cc2)cc1.c1ccc(-c2cccc(-c3c4ccccc4c(-c4cc(-c5ccccc5)c5oc6ccccc6c5c4)c4ccccc34)c2)cc1.c1ccc2c(-c3c4ccccc4c(-c4cc(-c5cccc6oc7ccccc7c56)c5oc6ccccc6c5c4)c4ccccc34)cccc2c1. The summed E-state index contributed by atoms with van der Waals surface area (Å²) in [4.78, 5) is 0. The molecule has 0 saturated heterocycles. The first kappa shape index (κ1) is 77.4. The highest BCUT2D eigenvalue weighted by molar-refractivity contribution is 6.28. The standard InChI is InChI=1S/C48H28O2.C44H28O.C38H24O/c1-2-15-31-29(13-1)14-11-22-33(31)46-36-19-5-3-17-34(36)45(35-18-4-6-20-37(35)46)30-27-40-32-16-7-9-24-42(32)50-48(40)41(28-30)38-23-12-26-44-47(38)39-21-8-10-25-43(39)49-44;1-3-14-29(15-4-1)31-18-13-19-32(26-31)42-35-21-7-9-23-37(35)43(38-24-10-8-22-36(38)42)33-27-39(30-16-5-2-6-17-30)44-40(28-33)34-20-11-12-25-41(34)45-44;1-2-10-25(11-3-1)26-18-20-27(21-19-26)37-30-13-4-6-15-32(30)38(33-16-7-5-14-31(33)37)28-22-23-36-34(24-28)29-12-8-9-17-35(29)39-36/h1-28H;1-28H;1-24H. The Labute approximate surface area is 772 Å². The predicted octanol–water partition coefficient (Wildman–Crippen LogP) is 37.4.